The maximum absolute atomic E-state index is 13.3. The second-order valence-electron chi connectivity index (χ2n) is 8.60. The topological polar surface area (TPSA) is 83.3 Å². The minimum atomic E-state index is -0.300. The van der Waals surface area contributed by atoms with E-state index < -0.39 is 0 Å². The van der Waals surface area contributed by atoms with E-state index in [1.807, 2.05) is 22.7 Å². The van der Waals surface area contributed by atoms with E-state index >= 15 is 0 Å². The van der Waals surface area contributed by atoms with Gasteiger partial charge in [0.15, 0.2) is 5.65 Å². The smallest absolute Gasteiger partial charge is 0.257 e. The zero-order valence-corrected chi connectivity index (χ0v) is 17.6. The summed E-state index contributed by atoms with van der Waals surface area (Å²) in [6, 6.07) is 0.292. The number of aliphatic hydroxyl groups excluding tert-OH is 1. The maximum Gasteiger partial charge on any atom is 0.257 e. The van der Waals surface area contributed by atoms with Gasteiger partial charge in [-0.2, -0.15) is 5.10 Å². The lowest BCUT2D eigenvalue weighted by Gasteiger charge is -2.32. The molecule has 2 fully saturated rings. The Hall–Kier alpha value is -2.15. The number of rotatable bonds is 5. The number of aromatic nitrogens is 3. The Bertz CT molecular complexity index is 850. The van der Waals surface area contributed by atoms with Crippen LogP contribution in [0.4, 0.5) is 5.69 Å². The molecule has 0 aromatic carbocycles. The van der Waals surface area contributed by atoms with Crippen LogP contribution in [0.5, 0.6) is 0 Å². The molecule has 29 heavy (non-hydrogen) atoms. The van der Waals surface area contributed by atoms with Crippen molar-refractivity contribution in [3.63, 3.8) is 0 Å². The van der Waals surface area contributed by atoms with Gasteiger partial charge in [0, 0.05) is 31.9 Å². The summed E-state index contributed by atoms with van der Waals surface area (Å²) in [6.45, 7) is 6.20. The van der Waals surface area contributed by atoms with Crippen LogP contribution >= 0.6 is 0 Å². The summed E-state index contributed by atoms with van der Waals surface area (Å²) < 4.78 is 1.87. The third-order valence-electron chi connectivity index (χ3n) is 6.68. The minimum absolute atomic E-state index is 0.00565. The standard InChI is InChI=1S/C22H33N5O2/c1-3-27-21-18(14-24-27)20(25-15(2)16-7-5-4-6-8-16)19(13-23-21)22(29)26-11-9-17(28)10-12-26/h13-17,28H,3-12H2,1-2H3,(H,23,25). The van der Waals surface area contributed by atoms with Crippen LogP contribution in [-0.4, -0.2) is 55.9 Å². The molecule has 2 aromatic heterocycles. The van der Waals surface area contributed by atoms with Gasteiger partial charge in [0.25, 0.3) is 5.91 Å². The third kappa shape index (κ3) is 4.10. The molecule has 3 heterocycles. The van der Waals surface area contributed by atoms with E-state index in [1.54, 1.807) is 6.20 Å². The largest absolute Gasteiger partial charge is 0.393 e. The lowest BCUT2D eigenvalue weighted by molar-refractivity contribution is 0.0547. The molecule has 1 atom stereocenters. The molecule has 0 spiro atoms. The van der Waals surface area contributed by atoms with Gasteiger partial charge in [0.1, 0.15) is 0 Å². The van der Waals surface area contributed by atoms with Crippen LogP contribution < -0.4 is 5.32 Å². The number of carbonyl (C=O) groups is 1. The number of hydrogen-bond acceptors (Lipinski definition) is 5. The molecule has 1 unspecified atom stereocenters. The first-order valence-electron chi connectivity index (χ1n) is 11.2. The Morgan fingerprint density at radius 1 is 1.21 bits per heavy atom. The predicted octanol–water partition coefficient (Wildman–Crippen LogP) is 3.43. The van der Waals surface area contributed by atoms with Crippen molar-refractivity contribution < 1.29 is 9.90 Å². The fourth-order valence-electron chi connectivity index (χ4n) is 4.79. The molecular formula is C22H33N5O2. The molecule has 2 N–H and O–H groups in total. The minimum Gasteiger partial charge on any atom is -0.393 e. The van der Waals surface area contributed by atoms with E-state index in [1.165, 1.54) is 32.1 Å². The van der Waals surface area contributed by atoms with Gasteiger partial charge in [-0.1, -0.05) is 19.3 Å². The first kappa shape index (κ1) is 20.1. The van der Waals surface area contributed by atoms with Crippen LogP contribution in [0.3, 0.4) is 0 Å². The number of anilines is 1. The number of pyridine rings is 1. The monoisotopic (exact) mass is 399 g/mol. The van der Waals surface area contributed by atoms with E-state index in [2.05, 4.69) is 22.3 Å². The molecule has 2 aromatic rings. The summed E-state index contributed by atoms with van der Waals surface area (Å²) in [5.74, 6) is 0.621. The van der Waals surface area contributed by atoms with Gasteiger partial charge in [-0.25, -0.2) is 9.67 Å². The Labute approximate surface area is 172 Å². The van der Waals surface area contributed by atoms with E-state index in [4.69, 9.17) is 0 Å². The second kappa shape index (κ2) is 8.69. The van der Waals surface area contributed by atoms with Crippen molar-refractivity contribution >= 4 is 22.6 Å². The summed E-state index contributed by atoms with van der Waals surface area (Å²) in [5.41, 5.74) is 2.30. The van der Waals surface area contributed by atoms with E-state index in [-0.39, 0.29) is 12.0 Å². The first-order chi connectivity index (χ1) is 14.1. The van der Waals surface area contributed by atoms with Crippen LogP contribution in [0.25, 0.3) is 11.0 Å². The van der Waals surface area contributed by atoms with Gasteiger partial charge >= 0.3 is 0 Å². The highest BCUT2D eigenvalue weighted by Crippen LogP contribution is 2.32. The van der Waals surface area contributed by atoms with E-state index in [0.717, 1.165) is 23.3 Å². The highest BCUT2D eigenvalue weighted by molar-refractivity contribution is 6.06. The lowest BCUT2D eigenvalue weighted by atomic mass is 9.84. The van der Waals surface area contributed by atoms with Crippen LogP contribution in [0, 0.1) is 5.92 Å². The molecule has 1 aliphatic heterocycles. The van der Waals surface area contributed by atoms with Gasteiger partial charge in [-0.05, 0) is 45.4 Å². The van der Waals surface area contributed by atoms with Crippen LogP contribution in [0.2, 0.25) is 0 Å². The number of hydrogen-bond donors (Lipinski definition) is 2. The number of likely N-dealkylation sites (tertiary alicyclic amines) is 1. The second-order valence-corrected chi connectivity index (χ2v) is 8.60. The van der Waals surface area contributed by atoms with Crippen molar-refractivity contribution in [1.29, 1.82) is 0 Å². The van der Waals surface area contributed by atoms with Crippen molar-refractivity contribution in [2.45, 2.75) is 77.5 Å². The molecular weight excluding hydrogens is 366 g/mol. The molecule has 7 heteroatoms. The summed E-state index contributed by atoms with van der Waals surface area (Å²) >= 11 is 0. The first-order valence-corrected chi connectivity index (χ1v) is 11.2. The highest BCUT2D eigenvalue weighted by atomic mass is 16.3. The Morgan fingerprint density at radius 3 is 2.62 bits per heavy atom. The molecule has 0 radical (unpaired) electrons. The van der Waals surface area contributed by atoms with Crippen molar-refractivity contribution in [1.82, 2.24) is 19.7 Å². The number of amides is 1. The molecule has 1 saturated carbocycles. The summed E-state index contributed by atoms with van der Waals surface area (Å²) in [7, 11) is 0. The number of nitrogens with zero attached hydrogens (tertiary/aromatic N) is 4. The summed E-state index contributed by atoms with van der Waals surface area (Å²) in [4.78, 5) is 19.8. The van der Waals surface area contributed by atoms with E-state index in [0.29, 0.717) is 43.5 Å². The molecule has 0 bridgehead atoms. The number of fused-ring (bicyclic) bond motifs is 1. The number of carbonyl (C=O) groups excluding carboxylic acids is 1. The average molecular weight is 400 g/mol. The molecule has 158 valence electrons. The molecule has 1 amide bonds. The predicted molar refractivity (Wildman–Crippen MR) is 114 cm³/mol. The fraction of sp³-hybridized carbons (Fsp3) is 0.682. The zero-order chi connectivity index (χ0) is 20.4. The van der Waals surface area contributed by atoms with Crippen molar-refractivity contribution in [3.8, 4) is 0 Å². The van der Waals surface area contributed by atoms with Gasteiger partial charge in [0.2, 0.25) is 0 Å². The van der Waals surface area contributed by atoms with Crippen LogP contribution in [0.15, 0.2) is 12.4 Å². The van der Waals surface area contributed by atoms with Crippen molar-refractivity contribution in [2.24, 2.45) is 5.92 Å². The van der Waals surface area contributed by atoms with Crippen LogP contribution in [-0.2, 0) is 6.54 Å². The molecule has 2 aliphatic rings. The molecule has 4 rings (SSSR count). The van der Waals surface area contributed by atoms with Gasteiger partial charge in [0.05, 0.1) is 28.9 Å². The van der Waals surface area contributed by atoms with E-state index in [9.17, 15) is 9.90 Å². The average Bonchev–Trinajstić information content (AvgIpc) is 3.18. The number of aliphatic hydroxyl groups is 1. The highest BCUT2D eigenvalue weighted by Gasteiger charge is 2.28. The molecule has 1 aliphatic carbocycles. The Morgan fingerprint density at radius 2 is 1.93 bits per heavy atom. The third-order valence-corrected chi connectivity index (χ3v) is 6.68. The van der Waals surface area contributed by atoms with Gasteiger partial charge < -0.3 is 15.3 Å². The Balaban J connectivity index is 1.67. The van der Waals surface area contributed by atoms with Gasteiger partial charge in [-0.3, -0.25) is 4.79 Å². The summed E-state index contributed by atoms with van der Waals surface area (Å²) in [5, 5.41) is 18.9. The maximum atomic E-state index is 13.3. The molecule has 7 nitrogen and oxygen atoms in total. The Kier molecular flexibility index (Phi) is 6.04. The van der Waals surface area contributed by atoms with Crippen molar-refractivity contribution in [2.75, 3.05) is 18.4 Å². The lowest BCUT2D eigenvalue weighted by Crippen LogP contribution is -2.40. The normalized spacial score (nSPS) is 20.2. The SMILES string of the molecule is CCn1ncc2c(NC(C)C3CCCCC3)c(C(=O)N3CCC(O)CC3)cnc21. The number of aryl methyl sites for hydroxylation is 1. The van der Waals surface area contributed by atoms with Crippen LogP contribution in [0.1, 0.15) is 69.2 Å². The number of piperidine rings is 1. The molecule has 1 saturated heterocycles. The van der Waals surface area contributed by atoms with Gasteiger partial charge in [-0.15, -0.1) is 0 Å². The summed E-state index contributed by atoms with van der Waals surface area (Å²) in [6.07, 6.45) is 10.9. The quantitative estimate of drug-likeness (QED) is 0.805. The van der Waals surface area contributed by atoms with Crippen molar-refractivity contribution in [3.05, 3.63) is 18.0 Å². The fourth-order valence-corrected chi connectivity index (χ4v) is 4.79. The zero-order valence-electron chi connectivity index (χ0n) is 17.6. The number of nitrogens with one attached hydrogen (secondary N) is 1.